The molecule has 0 radical (unpaired) electrons. The van der Waals surface area contributed by atoms with E-state index in [0.29, 0.717) is 0 Å². The molecule has 0 amide bonds. The summed E-state index contributed by atoms with van der Waals surface area (Å²) in [5, 5.41) is 15.6. The van der Waals surface area contributed by atoms with Crippen molar-refractivity contribution in [3.8, 4) is 11.3 Å². The lowest BCUT2D eigenvalue weighted by Gasteiger charge is -2.00. The first-order chi connectivity index (χ1) is 9.40. The summed E-state index contributed by atoms with van der Waals surface area (Å²) < 4.78 is 2.07. The Labute approximate surface area is 112 Å². The van der Waals surface area contributed by atoms with Gasteiger partial charge in [0.25, 0.3) is 0 Å². The van der Waals surface area contributed by atoms with Crippen molar-refractivity contribution < 1.29 is 0 Å². The molecule has 100 valence electrons. The summed E-state index contributed by atoms with van der Waals surface area (Å²) in [7, 11) is 0. The lowest BCUT2D eigenvalue weighted by atomic mass is 10.1. The van der Waals surface area contributed by atoms with Crippen molar-refractivity contribution in [2.45, 2.75) is 32.2 Å². The second-order valence-corrected chi connectivity index (χ2v) is 5.67. The maximum Gasteiger partial charge on any atom is 0.0987 e. The summed E-state index contributed by atoms with van der Waals surface area (Å²) >= 11 is 0. The molecule has 4 rings (SSSR count). The number of hydrogen-bond acceptors (Lipinski definition) is 3. The van der Waals surface area contributed by atoms with Gasteiger partial charge in [-0.05, 0) is 31.7 Å². The summed E-state index contributed by atoms with van der Waals surface area (Å²) in [6.45, 7) is 3.14. The molecule has 1 aliphatic carbocycles. The summed E-state index contributed by atoms with van der Waals surface area (Å²) in [5.74, 6) is 0.855. The van der Waals surface area contributed by atoms with Gasteiger partial charge < -0.3 is 5.32 Å². The van der Waals surface area contributed by atoms with Crippen LogP contribution in [0.3, 0.4) is 0 Å². The molecule has 1 fully saturated rings. The first-order valence-electron chi connectivity index (χ1n) is 7.20. The maximum absolute atomic E-state index is 4.51. The third-order valence-corrected chi connectivity index (χ3v) is 4.11. The van der Waals surface area contributed by atoms with E-state index in [1.807, 2.05) is 6.20 Å². The van der Waals surface area contributed by atoms with E-state index in [9.17, 15) is 0 Å². The number of aromatic amines is 1. The van der Waals surface area contributed by atoms with Gasteiger partial charge in [-0.1, -0.05) is 0 Å². The zero-order valence-corrected chi connectivity index (χ0v) is 11.0. The fraction of sp³-hybridized carbons (Fsp3) is 0.571. The van der Waals surface area contributed by atoms with E-state index in [4.69, 9.17) is 0 Å². The topological polar surface area (TPSA) is 58.5 Å². The van der Waals surface area contributed by atoms with Gasteiger partial charge in [-0.25, -0.2) is 0 Å². The van der Waals surface area contributed by atoms with Crippen molar-refractivity contribution in [3.63, 3.8) is 0 Å². The van der Waals surface area contributed by atoms with Crippen molar-refractivity contribution in [3.05, 3.63) is 23.7 Å². The Morgan fingerprint density at radius 3 is 3.05 bits per heavy atom. The highest BCUT2D eigenvalue weighted by atomic mass is 15.3. The van der Waals surface area contributed by atoms with Gasteiger partial charge in [0, 0.05) is 42.5 Å². The number of nitrogens with one attached hydrogen (secondary N) is 2. The Bertz CT molecular complexity index is 578. The molecular formula is C14H19N5. The lowest BCUT2D eigenvalue weighted by Crippen LogP contribution is -2.16. The molecule has 0 atom stereocenters. The average Bonchev–Trinajstić information content (AvgIpc) is 3.04. The zero-order chi connectivity index (χ0) is 12.7. The zero-order valence-electron chi connectivity index (χ0n) is 11.0. The Kier molecular flexibility index (Phi) is 2.65. The maximum atomic E-state index is 4.51. The van der Waals surface area contributed by atoms with Crippen LogP contribution in [-0.4, -0.2) is 33.1 Å². The van der Waals surface area contributed by atoms with Crippen LogP contribution in [0.25, 0.3) is 11.3 Å². The van der Waals surface area contributed by atoms with E-state index < -0.39 is 0 Å². The van der Waals surface area contributed by atoms with Crippen LogP contribution in [0.4, 0.5) is 0 Å². The summed E-state index contributed by atoms with van der Waals surface area (Å²) in [4.78, 5) is 0. The molecule has 1 saturated carbocycles. The van der Waals surface area contributed by atoms with Crippen LogP contribution in [-0.2, 0) is 19.4 Å². The van der Waals surface area contributed by atoms with Gasteiger partial charge >= 0.3 is 0 Å². The Balaban J connectivity index is 1.63. The SMILES string of the molecule is c1nn(CC2CC2)cc1-c1n[nH]c2c1CCNCC2. The number of nitrogens with zero attached hydrogens (tertiary/aromatic N) is 3. The molecule has 0 unspecified atom stereocenters. The number of H-pyrrole nitrogens is 1. The van der Waals surface area contributed by atoms with Crippen molar-refractivity contribution in [1.82, 2.24) is 25.3 Å². The van der Waals surface area contributed by atoms with Gasteiger partial charge in [0.05, 0.1) is 11.9 Å². The largest absolute Gasteiger partial charge is 0.316 e. The van der Waals surface area contributed by atoms with Crippen LogP contribution in [0.5, 0.6) is 0 Å². The van der Waals surface area contributed by atoms with Crippen LogP contribution in [0, 0.1) is 5.92 Å². The summed E-state index contributed by atoms with van der Waals surface area (Å²) in [6, 6.07) is 0. The Hall–Kier alpha value is -1.62. The molecule has 19 heavy (non-hydrogen) atoms. The first-order valence-corrected chi connectivity index (χ1v) is 7.20. The van der Waals surface area contributed by atoms with Crippen molar-refractivity contribution >= 4 is 0 Å². The predicted molar refractivity (Wildman–Crippen MR) is 72.8 cm³/mol. The molecule has 2 aromatic heterocycles. The fourth-order valence-corrected chi connectivity index (χ4v) is 2.82. The smallest absolute Gasteiger partial charge is 0.0987 e. The van der Waals surface area contributed by atoms with Crippen molar-refractivity contribution in [1.29, 1.82) is 0 Å². The van der Waals surface area contributed by atoms with Gasteiger partial charge in [-0.2, -0.15) is 10.2 Å². The van der Waals surface area contributed by atoms with E-state index in [0.717, 1.165) is 49.7 Å². The molecule has 0 saturated heterocycles. The fourth-order valence-electron chi connectivity index (χ4n) is 2.82. The van der Waals surface area contributed by atoms with Gasteiger partial charge in [-0.3, -0.25) is 9.78 Å². The number of fused-ring (bicyclic) bond motifs is 1. The summed E-state index contributed by atoms with van der Waals surface area (Å²) in [5.41, 5.74) is 4.91. The normalized spacial score (nSPS) is 19.2. The highest BCUT2D eigenvalue weighted by molar-refractivity contribution is 5.62. The van der Waals surface area contributed by atoms with Gasteiger partial charge in [0.2, 0.25) is 0 Å². The molecule has 0 bridgehead atoms. The molecule has 2 aromatic rings. The molecule has 5 nitrogen and oxygen atoms in total. The van der Waals surface area contributed by atoms with Crippen LogP contribution >= 0.6 is 0 Å². The van der Waals surface area contributed by atoms with Crippen LogP contribution in [0.2, 0.25) is 0 Å². The monoisotopic (exact) mass is 257 g/mol. The quantitative estimate of drug-likeness (QED) is 0.873. The number of hydrogen-bond donors (Lipinski definition) is 2. The molecule has 3 heterocycles. The number of aromatic nitrogens is 4. The molecule has 5 heteroatoms. The Morgan fingerprint density at radius 1 is 1.26 bits per heavy atom. The van der Waals surface area contributed by atoms with E-state index >= 15 is 0 Å². The predicted octanol–water partition coefficient (Wildman–Crippen LogP) is 1.37. The van der Waals surface area contributed by atoms with E-state index in [2.05, 4.69) is 31.5 Å². The van der Waals surface area contributed by atoms with Gasteiger partial charge in [-0.15, -0.1) is 0 Å². The molecule has 0 spiro atoms. The standard InChI is InChI=1S/C14H19N5/c1-2-10(1)8-19-9-11(7-16-19)14-12-3-5-15-6-4-13(12)17-18-14/h7,9-10,15H,1-6,8H2,(H,17,18). The minimum Gasteiger partial charge on any atom is -0.316 e. The Morgan fingerprint density at radius 2 is 2.16 bits per heavy atom. The van der Waals surface area contributed by atoms with E-state index in [-0.39, 0.29) is 0 Å². The third-order valence-electron chi connectivity index (χ3n) is 4.11. The first kappa shape index (κ1) is 11.2. The molecule has 0 aromatic carbocycles. The van der Waals surface area contributed by atoms with E-state index in [1.54, 1.807) is 0 Å². The average molecular weight is 257 g/mol. The second kappa shape index (κ2) is 4.49. The van der Waals surface area contributed by atoms with Crippen LogP contribution < -0.4 is 5.32 Å². The number of rotatable bonds is 3. The molecule has 2 N–H and O–H groups in total. The highest BCUT2D eigenvalue weighted by Gasteiger charge is 2.23. The minimum atomic E-state index is 0.855. The molecular weight excluding hydrogens is 238 g/mol. The third kappa shape index (κ3) is 2.18. The molecule has 1 aliphatic heterocycles. The van der Waals surface area contributed by atoms with Crippen molar-refractivity contribution in [2.24, 2.45) is 5.92 Å². The van der Waals surface area contributed by atoms with Crippen molar-refractivity contribution in [2.75, 3.05) is 13.1 Å². The molecule has 2 aliphatic rings. The van der Waals surface area contributed by atoms with Crippen LogP contribution in [0.1, 0.15) is 24.1 Å². The summed E-state index contributed by atoms with van der Waals surface area (Å²) in [6.07, 6.45) is 8.91. The van der Waals surface area contributed by atoms with Gasteiger partial charge in [0.1, 0.15) is 0 Å². The lowest BCUT2D eigenvalue weighted by molar-refractivity contribution is 0.563. The second-order valence-electron chi connectivity index (χ2n) is 5.67. The van der Waals surface area contributed by atoms with Gasteiger partial charge in [0.15, 0.2) is 0 Å². The van der Waals surface area contributed by atoms with Crippen LogP contribution in [0.15, 0.2) is 12.4 Å². The van der Waals surface area contributed by atoms with E-state index in [1.165, 1.54) is 24.1 Å². The highest BCUT2D eigenvalue weighted by Crippen LogP contribution is 2.31. The minimum absolute atomic E-state index is 0.855.